The molecule has 2 aromatic carbocycles. The largest absolute Gasteiger partial charge is 0.505 e. The molecule has 3 aromatic rings. The van der Waals surface area contributed by atoms with Crippen molar-refractivity contribution in [3.63, 3.8) is 0 Å². The number of aromatic hydroxyl groups is 1. The molecule has 0 aliphatic heterocycles. The second kappa shape index (κ2) is 8.85. The first-order chi connectivity index (χ1) is 13.6. The predicted octanol–water partition coefficient (Wildman–Crippen LogP) is 3.42. The standard InChI is InChI=1S/C21H20N2O5/c1-27-18(24)8-5-11-22-21(26)19-20(25)17-10-9-16(12-14(17)13-23-19)28-15-6-3-2-4-7-15/h2-4,6-7,9-10,12-13,25H,5,8,11H2,1H3,(H,22,26). The van der Waals surface area contributed by atoms with Crippen LogP contribution in [0, 0.1) is 0 Å². The van der Waals surface area contributed by atoms with Gasteiger partial charge in [0.25, 0.3) is 5.91 Å². The van der Waals surface area contributed by atoms with Crippen LogP contribution in [-0.2, 0) is 9.53 Å². The second-order valence-corrected chi connectivity index (χ2v) is 6.06. The molecule has 0 aliphatic rings. The van der Waals surface area contributed by atoms with Gasteiger partial charge in [-0.05, 0) is 36.8 Å². The molecule has 3 rings (SSSR count). The van der Waals surface area contributed by atoms with Crippen molar-refractivity contribution in [2.24, 2.45) is 0 Å². The lowest BCUT2D eigenvalue weighted by Gasteiger charge is -2.10. The Labute approximate surface area is 161 Å². The van der Waals surface area contributed by atoms with Gasteiger partial charge in [-0.1, -0.05) is 18.2 Å². The first kappa shape index (κ1) is 19.2. The van der Waals surface area contributed by atoms with Crippen molar-refractivity contribution in [2.75, 3.05) is 13.7 Å². The molecule has 0 bridgehead atoms. The van der Waals surface area contributed by atoms with Crippen molar-refractivity contribution in [3.8, 4) is 17.2 Å². The summed E-state index contributed by atoms with van der Waals surface area (Å²) in [5, 5.41) is 14.2. The number of carbonyl (C=O) groups is 2. The normalized spacial score (nSPS) is 10.5. The summed E-state index contributed by atoms with van der Waals surface area (Å²) < 4.78 is 10.3. The molecule has 7 nitrogen and oxygen atoms in total. The van der Waals surface area contributed by atoms with E-state index < -0.39 is 5.91 Å². The maximum Gasteiger partial charge on any atom is 0.305 e. The molecule has 144 valence electrons. The summed E-state index contributed by atoms with van der Waals surface area (Å²) in [4.78, 5) is 27.4. The van der Waals surface area contributed by atoms with Crippen molar-refractivity contribution in [1.29, 1.82) is 0 Å². The van der Waals surface area contributed by atoms with Gasteiger partial charge in [0.05, 0.1) is 7.11 Å². The second-order valence-electron chi connectivity index (χ2n) is 6.06. The minimum absolute atomic E-state index is 0.0673. The van der Waals surface area contributed by atoms with Crippen LogP contribution >= 0.6 is 0 Å². The number of carbonyl (C=O) groups excluding carboxylic acids is 2. The summed E-state index contributed by atoms with van der Waals surface area (Å²) in [5.74, 6) is 0.249. The maximum atomic E-state index is 12.3. The fourth-order valence-electron chi connectivity index (χ4n) is 2.66. The van der Waals surface area contributed by atoms with Crippen LogP contribution in [0.5, 0.6) is 17.2 Å². The molecule has 2 N–H and O–H groups in total. The Balaban J connectivity index is 1.71. The Bertz CT molecular complexity index is 989. The minimum Gasteiger partial charge on any atom is -0.505 e. The number of fused-ring (bicyclic) bond motifs is 1. The number of methoxy groups -OCH3 is 1. The van der Waals surface area contributed by atoms with Crippen LogP contribution in [0.25, 0.3) is 10.8 Å². The molecule has 0 saturated heterocycles. The fraction of sp³-hybridized carbons (Fsp3) is 0.190. The summed E-state index contributed by atoms with van der Waals surface area (Å²) in [5.41, 5.74) is -0.0673. The molecule has 0 atom stereocenters. The van der Waals surface area contributed by atoms with Gasteiger partial charge in [-0.2, -0.15) is 0 Å². The molecule has 0 aliphatic carbocycles. The number of amides is 1. The third kappa shape index (κ3) is 4.56. The zero-order chi connectivity index (χ0) is 19.9. The highest BCUT2D eigenvalue weighted by molar-refractivity contribution is 6.01. The number of pyridine rings is 1. The van der Waals surface area contributed by atoms with E-state index >= 15 is 0 Å². The summed E-state index contributed by atoms with van der Waals surface area (Å²) >= 11 is 0. The van der Waals surface area contributed by atoms with Crippen molar-refractivity contribution in [1.82, 2.24) is 10.3 Å². The van der Waals surface area contributed by atoms with Crippen LogP contribution in [0.1, 0.15) is 23.3 Å². The van der Waals surface area contributed by atoms with Crippen LogP contribution in [-0.4, -0.2) is 35.6 Å². The molecule has 1 amide bonds. The van der Waals surface area contributed by atoms with Crippen LogP contribution in [0.15, 0.2) is 54.7 Å². The lowest BCUT2D eigenvalue weighted by molar-refractivity contribution is -0.140. The Morgan fingerprint density at radius 2 is 1.89 bits per heavy atom. The van der Waals surface area contributed by atoms with E-state index in [4.69, 9.17) is 4.74 Å². The van der Waals surface area contributed by atoms with Gasteiger partial charge in [-0.15, -0.1) is 0 Å². The summed E-state index contributed by atoms with van der Waals surface area (Å²) in [7, 11) is 1.31. The smallest absolute Gasteiger partial charge is 0.305 e. The SMILES string of the molecule is COC(=O)CCCNC(=O)c1ncc2cc(Oc3ccccc3)ccc2c1O. The number of nitrogens with one attached hydrogen (secondary N) is 1. The molecule has 28 heavy (non-hydrogen) atoms. The Hall–Kier alpha value is -3.61. The third-order valence-electron chi connectivity index (χ3n) is 4.10. The molecular formula is C21H20N2O5. The highest BCUT2D eigenvalue weighted by atomic mass is 16.5. The van der Waals surface area contributed by atoms with Crippen LogP contribution < -0.4 is 10.1 Å². The molecule has 0 fully saturated rings. The minimum atomic E-state index is -0.506. The average Bonchev–Trinajstić information content (AvgIpc) is 2.71. The van der Waals surface area contributed by atoms with Crippen molar-refractivity contribution < 1.29 is 24.2 Å². The van der Waals surface area contributed by atoms with Crippen LogP contribution in [0.4, 0.5) is 0 Å². The zero-order valence-corrected chi connectivity index (χ0v) is 15.3. The number of benzene rings is 2. The van der Waals surface area contributed by atoms with Gasteiger partial charge in [-0.3, -0.25) is 9.59 Å². The average molecular weight is 380 g/mol. The predicted molar refractivity (Wildman–Crippen MR) is 104 cm³/mol. The van der Waals surface area contributed by atoms with Gasteiger partial charge < -0.3 is 19.9 Å². The van der Waals surface area contributed by atoms with Crippen molar-refractivity contribution in [3.05, 3.63) is 60.4 Å². The van der Waals surface area contributed by atoms with E-state index in [1.807, 2.05) is 30.3 Å². The molecule has 0 unspecified atom stereocenters. The molecule has 0 saturated carbocycles. The molecule has 0 radical (unpaired) electrons. The van der Waals surface area contributed by atoms with Crippen LogP contribution in [0.3, 0.4) is 0 Å². The highest BCUT2D eigenvalue weighted by Gasteiger charge is 2.16. The van der Waals surface area contributed by atoms with E-state index in [1.165, 1.54) is 13.3 Å². The number of esters is 1. The summed E-state index contributed by atoms with van der Waals surface area (Å²) in [6.07, 6.45) is 2.15. The summed E-state index contributed by atoms with van der Waals surface area (Å²) in [6, 6.07) is 14.5. The van der Waals surface area contributed by atoms with Gasteiger partial charge in [0.1, 0.15) is 11.5 Å². The Morgan fingerprint density at radius 3 is 2.64 bits per heavy atom. The molecule has 7 heteroatoms. The van der Waals surface area contributed by atoms with Gasteiger partial charge in [0.2, 0.25) is 0 Å². The maximum absolute atomic E-state index is 12.3. The van der Waals surface area contributed by atoms with Crippen molar-refractivity contribution in [2.45, 2.75) is 12.8 Å². The summed E-state index contributed by atoms with van der Waals surface area (Å²) in [6.45, 7) is 0.275. The number of hydrogen-bond acceptors (Lipinski definition) is 6. The molecule has 0 spiro atoms. The van der Waals surface area contributed by atoms with Gasteiger partial charge in [0, 0.05) is 29.9 Å². The lowest BCUT2D eigenvalue weighted by atomic mass is 10.1. The zero-order valence-electron chi connectivity index (χ0n) is 15.3. The number of para-hydroxylation sites is 1. The van der Waals surface area contributed by atoms with E-state index in [1.54, 1.807) is 18.2 Å². The van der Waals surface area contributed by atoms with E-state index in [0.717, 1.165) is 0 Å². The van der Waals surface area contributed by atoms with E-state index in [2.05, 4.69) is 15.0 Å². The Kier molecular flexibility index (Phi) is 6.06. The first-order valence-corrected chi connectivity index (χ1v) is 8.78. The quantitative estimate of drug-likeness (QED) is 0.481. The lowest BCUT2D eigenvalue weighted by Crippen LogP contribution is -2.26. The van der Waals surface area contributed by atoms with Crippen LogP contribution in [0.2, 0.25) is 0 Å². The number of aromatic nitrogens is 1. The Morgan fingerprint density at radius 1 is 1.11 bits per heavy atom. The highest BCUT2D eigenvalue weighted by Crippen LogP contribution is 2.31. The van der Waals surface area contributed by atoms with Gasteiger partial charge >= 0.3 is 5.97 Å². The topological polar surface area (TPSA) is 97.8 Å². The van der Waals surface area contributed by atoms with E-state index in [-0.39, 0.29) is 30.4 Å². The third-order valence-corrected chi connectivity index (χ3v) is 4.10. The number of ether oxygens (including phenoxy) is 2. The molecule has 1 aromatic heterocycles. The first-order valence-electron chi connectivity index (χ1n) is 8.78. The fourth-order valence-corrected chi connectivity index (χ4v) is 2.66. The molecule has 1 heterocycles. The van der Waals surface area contributed by atoms with Gasteiger partial charge in [-0.25, -0.2) is 4.98 Å². The number of hydrogen-bond donors (Lipinski definition) is 2. The van der Waals surface area contributed by atoms with E-state index in [9.17, 15) is 14.7 Å². The number of rotatable bonds is 7. The molecular weight excluding hydrogens is 360 g/mol. The van der Waals surface area contributed by atoms with Gasteiger partial charge in [0.15, 0.2) is 11.4 Å². The van der Waals surface area contributed by atoms with Crippen molar-refractivity contribution >= 4 is 22.6 Å². The number of nitrogens with zero attached hydrogens (tertiary/aromatic N) is 1. The van der Waals surface area contributed by atoms with E-state index in [0.29, 0.717) is 28.7 Å². The monoisotopic (exact) mass is 380 g/mol.